The minimum atomic E-state index is 0. The average molecular weight is 433 g/mol. The molecule has 0 bridgehead atoms. The summed E-state index contributed by atoms with van der Waals surface area (Å²) in [5.41, 5.74) is 2.30. The number of aryl methyl sites for hydroxylation is 3. The van der Waals surface area contributed by atoms with Crippen molar-refractivity contribution in [3.05, 3.63) is 30.1 Å². The SMILES string of the molecule is C=CCCCN(C)C(=NCCCn1nc(C)cc1C)NCC.I. The van der Waals surface area contributed by atoms with Crippen LogP contribution in [0.3, 0.4) is 0 Å². The van der Waals surface area contributed by atoms with Crippen molar-refractivity contribution in [3.8, 4) is 0 Å². The Labute approximate surface area is 158 Å². The van der Waals surface area contributed by atoms with Crippen LogP contribution in [0.5, 0.6) is 0 Å². The fourth-order valence-corrected chi connectivity index (χ4v) is 2.36. The molecular weight excluding hydrogens is 401 g/mol. The van der Waals surface area contributed by atoms with E-state index in [0.29, 0.717) is 0 Å². The molecule has 0 aliphatic rings. The molecule has 23 heavy (non-hydrogen) atoms. The molecule has 0 amide bonds. The van der Waals surface area contributed by atoms with Gasteiger partial charge in [-0.3, -0.25) is 9.67 Å². The van der Waals surface area contributed by atoms with E-state index in [0.717, 1.165) is 57.1 Å². The van der Waals surface area contributed by atoms with Gasteiger partial charge in [0.15, 0.2) is 5.96 Å². The normalized spacial score (nSPS) is 11.0. The number of rotatable bonds is 9. The van der Waals surface area contributed by atoms with Gasteiger partial charge in [0.2, 0.25) is 0 Å². The fraction of sp³-hybridized carbons (Fsp3) is 0.647. The first-order chi connectivity index (χ1) is 10.6. The zero-order valence-electron chi connectivity index (χ0n) is 15.0. The molecule has 5 nitrogen and oxygen atoms in total. The maximum Gasteiger partial charge on any atom is 0.193 e. The molecular formula is C17H32IN5. The first-order valence-corrected chi connectivity index (χ1v) is 8.19. The lowest BCUT2D eigenvalue weighted by molar-refractivity contribution is 0.468. The lowest BCUT2D eigenvalue weighted by atomic mass is 10.3. The van der Waals surface area contributed by atoms with E-state index in [4.69, 9.17) is 4.99 Å². The van der Waals surface area contributed by atoms with Gasteiger partial charge in [-0.1, -0.05) is 6.08 Å². The van der Waals surface area contributed by atoms with E-state index < -0.39 is 0 Å². The Morgan fingerprint density at radius 1 is 1.43 bits per heavy atom. The van der Waals surface area contributed by atoms with Crippen molar-refractivity contribution in [1.29, 1.82) is 0 Å². The van der Waals surface area contributed by atoms with E-state index in [1.165, 1.54) is 5.69 Å². The second kappa shape index (κ2) is 12.4. The van der Waals surface area contributed by atoms with Gasteiger partial charge in [0.05, 0.1) is 5.69 Å². The molecule has 1 rings (SSSR count). The summed E-state index contributed by atoms with van der Waals surface area (Å²) in [5.74, 6) is 0.986. The van der Waals surface area contributed by atoms with Gasteiger partial charge >= 0.3 is 0 Å². The average Bonchev–Trinajstić information content (AvgIpc) is 2.80. The molecule has 0 fully saturated rings. The predicted molar refractivity (Wildman–Crippen MR) is 110 cm³/mol. The van der Waals surface area contributed by atoms with Crippen LogP contribution in [0.4, 0.5) is 0 Å². The topological polar surface area (TPSA) is 45.5 Å². The standard InChI is InChI=1S/C17H31N5.HI/c1-6-8-9-12-21(5)17(18-7-2)19-11-10-13-22-16(4)14-15(3)20-22;/h6,14H,1,7-13H2,2-5H3,(H,18,19);1H. The van der Waals surface area contributed by atoms with Crippen LogP contribution in [-0.2, 0) is 6.54 Å². The van der Waals surface area contributed by atoms with Crippen molar-refractivity contribution in [2.45, 2.75) is 46.6 Å². The molecule has 0 aromatic carbocycles. The minimum Gasteiger partial charge on any atom is -0.357 e. The van der Waals surface area contributed by atoms with Gasteiger partial charge in [0.1, 0.15) is 0 Å². The summed E-state index contributed by atoms with van der Waals surface area (Å²) in [4.78, 5) is 6.90. The van der Waals surface area contributed by atoms with E-state index in [2.05, 4.69) is 53.5 Å². The van der Waals surface area contributed by atoms with Gasteiger partial charge in [-0.15, -0.1) is 30.6 Å². The molecule has 1 aromatic heterocycles. The number of hydrogen-bond acceptors (Lipinski definition) is 2. The number of allylic oxidation sites excluding steroid dienone is 1. The zero-order valence-corrected chi connectivity index (χ0v) is 17.3. The van der Waals surface area contributed by atoms with Gasteiger partial charge in [-0.05, 0) is 46.1 Å². The van der Waals surface area contributed by atoms with Gasteiger partial charge in [-0.25, -0.2) is 0 Å². The quantitative estimate of drug-likeness (QED) is 0.214. The third-order valence-electron chi connectivity index (χ3n) is 3.49. The summed E-state index contributed by atoms with van der Waals surface area (Å²) in [6.45, 7) is 13.6. The molecule has 132 valence electrons. The number of hydrogen-bond donors (Lipinski definition) is 1. The number of aliphatic imine (C=N–C) groups is 1. The first-order valence-electron chi connectivity index (χ1n) is 8.19. The van der Waals surface area contributed by atoms with Crippen LogP contribution < -0.4 is 5.32 Å². The Bertz CT molecular complexity index is 481. The van der Waals surface area contributed by atoms with Crippen molar-refractivity contribution >= 4 is 29.9 Å². The Balaban J connectivity index is 0.00000484. The van der Waals surface area contributed by atoms with Crippen molar-refractivity contribution in [3.63, 3.8) is 0 Å². The number of unbranched alkanes of at least 4 members (excludes halogenated alkanes) is 1. The number of nitrogens with zero attached hydrogens (tertiary/aromatic N) is 4. The molecule has 0 spiro atoms. The lowest BCUT2D eigenvalue weighted by Gasteiger charge is -2.21. The van der Waals surface area contributed by atoms with Gasteiger partial charge in [0.25, 0.3) is 0 Å². The molecule has 1 heterocycles. The van der Waals surface area contributed by atoms with E-state index in [-0.39, 0.29) is 24.0 Å². The molecule has 1 aromatic rings. The van der Waals surface area contributed by atoms with Crippen LogP contribution in [0.2, 0.25) is 0 Å². The van der Waals surface area contributed by atoms with Crippen LogP contribution in [0.1, 0.15) is 37.6 Å². The van der Waals surface area contributed by atoms with Gasteiger partial charge < -0.3 is 10.2 Å². The van der Waals surface area contributed by atoms with Crippen LogP contribution >= 0.6 is 24.0 Å². The maximum absolute atomic E-state index is 4.71. The lowest BCUT2D eigenvalue weighted by Crippen LogP contribution is -2.39. The fourth-order valence-electron chi connectivity index (χ4n) is 2.36. The van der Waals surface area contributed by atoms with Crippen molar-refractivity contribution < 1.29 is 0 Å². The highest BCUT2D eigenvalue weighted by Gasteiger charge is 2.05. The summed E-state index contributed by atoms with van der Waals surface area (Å²) in [5, 5.41) is 7.83. The highest BCUT2D eigenvalue weighted by Crippen LogP contribution is 2.03. The zero-order chi connectivity index (χ0) is 16.4. The number of aromatic nitrogens is 2. The number of guanidine groups is 1. The molecule has 0 atom stereocenters. The molecule has 0 aliphatic heterocycles. The first kappa shape index (κ1) is 21.9. The summed E-state index contributed by atoms with van der Waals surface area (Å²) < 4.78 is 2.06. The molecule has 0 unspecified atom stereocenters. The summed E-state index contributed by atoms with van der Waals surface area (Å²) in [6, 6.07) is 2.11. The van der Waals surface area contributed by atoms with Gasteiger partial charge in [-0.2, -0.15) is 5.10 Å². The van der Waals surface area contributed by atoms with E-state index in [1.54, 1.807) is 0 Å². The monoisotopic (exact) mass is 433 g/mol. The Morgan fingerprint density at radius 3 is 2.74 bits per heavy atom. The van der Waals surface area contributed by atoms with E-state index in [9.17, 15) is 0 Å². The van der Waals surface area contributed by atoms with Crippen LogP contribution in [0, 0.1) is 13.8 Å². The smallest absolute Gasteiger partial charge is 0.193 e. The third-order valence-corrected chi connectivity index (χ3v) is 3.49. The van der Waals surface area contributed by atoms with Crippen molar-refractivity contribution in [2.75, 3.05) is 26.7 Å². The second-order valence-electron chi connectivity index (χ2n) is 5.59. The van der Waals surface area contributed by atoms with Crippen LogP contribution in [-0.4, -0.2) is 47.3 Å². The van der Waals surface area contributed by atoms with Crippen LogP contribution in [0.25, 0.3) is 0 Å². The number of halogens is 1. The largest absolute Gasteiger partial charge is 0.357 e. The highest BCUT2D eigenvalue weighted by molar-refractivity contribution is 14.0. The minimum absolute atomic E-state index is 0. The molecule has 0 radical (unpaired) electrons. The molecule has 6 heteroatoms. The van der Waals surface area contributed by atoms with Crippen molar-refractivity contribution in [2.24, 2.45) is 4.99 Å². The second-order valence-corrected chi connectivity index (χ2v) is 5.59. The maximum atomic E-state index is 4.71. The van der Waals surface area contributed by atoms with Gasteiger partial charge in [0, 0.05) is 38.9 Å². The highest BCUT2D eigenvalue weighted by atomic mass is 127. The Morgan fingerprint density at radius 2 is 2.17 bits per heavy atom. The molecule has 0 aliphatic carbocycles. The Kier molecular flexibility index (Phi) is 11.8. The third kappa shape index (κ3) is 8.39. The number of nitrogens with one attached hydrogen (secondary N) is 1. The van der Waals surface area contributed by atoms with E-state index in [1.807, 2.05) is 13.0 Å². The van der Waals surface area contributed by atoms with Crippen LogP contribution in [0.15, 0.2) is 23.7 Å². The summed E-state index contributed by atoms with van der Waals surface area (Å²) in [6.07, 6.45) is 5.11. The molecule has 0 saturated carbocycles. The summed E-state index contributed by atoms with van der Waals surface area (Å²) >= 11 is 0. The predicted octanol–water partition coefficient (Wildman–Crippen LogP) is 3.37. The van der Waals surface area contributed by atoms with E-state index >= 15 is 0 Å². The Hall–Kier alpha value is -1.05. The molecule has 0 saturated heterocycles. The van der Waals surface area contributed by atoms with Crippen molar-refractivity contribution in [1.82, 2.24) is 20.0 Å². The molecule has 1 N–H and O–H groups in total. The summed E-state index contributed by atoms with van der Waals surface area (Å²) in [7, 11) is 2.09.